The molecule has 0 fully saturated rings. The minimum absolute atomic E-state index is 0.0508. The second-order valence-electron chi connectivity index (χ2n) is 3.17. The van der Waals surface area contributed by atoms with Crippen LogP contribution < -0.4 is 5.32 Å². The first kappa shape index (κ1) is 11.1. The minimum Gasteiger partial charge on any atom is -0.356 e. The molecule has 0 bridgehead atoms. The molecule has 1 atom stereocenters. The Morgan fingerprint density at radius 3 is 2.50 bits per heavy atom. The highest BCUT2D eigenvalue weighted by atomic mass is 35.5. The first-order valence-corrected chi connectivity index (χ1v) is 5.06. The average Bonchev–Trinajstić information content (AvgIpc) is 2.18. The maximum Gasteiger partial charge on any atom is 0.227 e. The van der Waals surface area contributed by atoms with Crippen molar-refractivity contribution in [3.63, 3.8) is 0 Å². The van der Waals surface area contributed by atoms with Crippen molar-refractivity contribution in [2.45, 2.75) is 19.8 Å². The van der Waals surface area contributed by atoms with E-state index in [0.29, 0.717) is 11.6 Å². The van der Waals surface area contributed by atoms with Crippen LogP contribution in [0, 0.1) is 0 Å². The van der Waals surface area contributed by atoms with Crippen molar-refractivity contribution in [1.29, 1.82) is 0 Å². The summed E-state index contributed by atoms with van der Waals surface area (Å²) in [5, 5.41) is 3.48. The standard InChI is InChI=1S/C11H14ClNO/c1-3-13-11(14)8(2)9-4-6-10(12)7-5-9/h4-8H,3H2,1-2H3,(H,13,14). The van der Waals surface area contributed by atoms with Gasteiger partial charge in [-0.3, -0.25) is 4.79 Å². The predicted octanol–water partition coefficient (Wildman–Crippen LogP) is 2.58. The van der Waals surface area contributed by atoms with Gasteiger partial charge in [0.1, 0.15) is 0 Å². The molecule has 0 heterocycles. The molecule has 1 N–H and O–H groups in total. The number of hydrogen-bond donors (Lipinski definition) is 1. The van der Waals surface area contributed by atoms with Crippen LogP contribution in [-0.4, -0.2) is 12.5 Å². The maximum absolute atomic E-state index is 11.5. The second kappa shape index (κ2) is 5.01. The molecule has 0 aliphatic heterocycles. The quantitative estimate of drug-likeness (QED) is 0.818. The average molecular weight is 212 g/mol. The van der Waals surface area contributed by atoms with Crippen molar-refractivity contribution in [1.82, 2.24) is 5.32 Å². The number of carbonyl (C=O) groups is 1. The first-order valence-electron chi connectivity index (χ1n) is 4.68. The van der Waals surface area contributed by atoms with E-state index in [9.17, 15) is 4.79 Å². The van der Waals surface area contributed by atoms with E-state index in [0.717, 1.165) is 5.56 Å². The Morgan fingerprint density at radius 1 is 1.43 bits per heavy atom. The summed E-state index contributed by atoms with van der Waals surface area (Å²) in [6, 6.07) is 7.35. The van der Waals surface area contributed by atoms with E-state index in [2.05, 4.69) is 5.32 Å². The lowest BCUT2D eigenvalue weighted by Gasteiger charge is -2.11. The molecule has 0 aromatic heterocycles. The van der Waals surface area contributed by atoms with Crippen LogP contribution in [0.2, 0.25) is 5.02 Å². The molecular weight excluding hydrogens is 198 g/mol. The monoisotopic (exact) mass is 211 g/mol. The fourth-order valence-corrected chi connectivity index (χ4v) is 1.36. The number of hydrogen-bond acceptors (Lipinski definition) is 1. The number of benzene rings is 1. The third-order valence-electron chi connectivity index (χ3n) is 2.11. The Labute approximate surface area is 89.3 Å². The van der Waals surface area contributed by atoms with Gasteiger partial charge in [0.2, 0.25) is 5.91 Å². The molecule has 1 unspecified atom stereocenters. The summed E-state index contributed by atoms with van der Waals surface area (Å²) >= 11 is 5.76. The third-order valence-corrected chi connectivity index (χ3v) is 2.37. The lowest BCUT2D eigenvalue weighted by molar-refractivity contribution is -0.122. The highest BCUT2D eigenvalue weighted by Crippen LogP contribution is 2.17. The number of carbonyl (C=O) groups excluding carboxylic acids is 1. The van der Waals surface area contributed by atoms with E-state index in [1.165, 1.54) is 0 Å². The predicted molar refractivity (Wildman–Crippen MR) is 58.6 cm³/mol. The molecule has 1 rings (SSSR count). The van der Waals surface area contributed by atoms with Crippen LogP contribution in [0.25, 0.3) is 0 Å². The van der Waals surface area contributed by atoms with Gasteiger partial charge in [-0.05, 0) is 31.5 Å². The summed E-state index contributed by atoms with van der Waals surface area (Å²) < 4.78 is 0. The molecule has 2 nitrogen and oxygen atoms in total. The summed E-state index contributed by atoms with van der Waals surface area (Å²) in [7, 11) is 0. The van der Waals surface area contributed by atoms with Gasteiger partial charge in [-0.1, -0.05) is 23.7 Å². The number of nitrogens with one attached hydrogen (secondary N) is 1. The van der Waals surface area contributed by atoms with Gasteiger partial charge in [0, 0.05) is 11.6 Å². The molecule has 3 heteroatoms. The van der Waals surface area contributed by atoms with Crippen molar-refractivity contribution in [3.8, 4) is 0 Å². The molecule has 76 valence electrons. The minimum atomic E-state index is -0.118. The van der Waals surface area contributed by atoms with Gasteiger partial charge in [-0.25, -0.2) is 0 Å². The molecule has 0 saturated heterocycles. The Kier molecular flexibility index (Phi) is 3.96. The van der Waals surface area contributed by atoms with Gasteiger partial charge in [0.25, 0.3) is 0 Å². The van der Waals surface area contributed by atoms with Crippen LogP contribution in [0.5, 0.6) is 0 Å². The van der Waals surface area contributed by atoms with E-state index in [1.807, 2.05) is 26.0 Å². The van der Waals surface area contributed by atoms with E-state index in [-0.39, 0.29) is 11.8 Å². The van der Waals surface area contributed by atoms with Crippen molar-refractivity contribution in [2.75, 3.05) is 6.54 Å². The molecular formula is C11H14ClNO. The van der Waals surface area contributed by atoms with E-state index in [1.54, 1.807) is 12.1 Å². The summed E-state index contributed by atoms with van der Waals surface area (Å²) in [5.74, 6) is -0.0676. The van der Waals surface area contributed by atoms with E-state index >= 15 is 0 Å². The molecule has 0 aliphatic carbocycles. The summed E-state index contributed by atoms with van der Waals surface area (Å²) in [6.07, 6.45) is 0. The largest absolute Gasteiger partial charge is 0.356 e. The van der Waals surface area contributed by atoms with Crippen LogP contribution in [0.1, 0.15) is 25.3 Å². The molecule has 14 heavy (non-hydrogen) atoms. The topological polar surface area (TPSA) is 29.1 Å². The molecule has 0 saturated carbocycles. The van der Waals surface area contributed by atoms with Crippen molar-refractivity contribution in [3.05, 3.63) is 34.9 Å². The first-order chi connectivity index (χ1) is 6.65. The number of likely N-dealkylation sites (N-methyl/N-ethyl adjacent to an activating group) is 1. The van der Waals surface area contributed by atoms with Gasteiger partial charge in [-0.15, -0.1) is 0 Å². The molecule has 1 aromatic rings. The Balaban J connectivity index is 2.73. The van der Waals surface area contributed by atoms with Gasteiger partial charge in [-0.2, -0.15) is 0 Å². The molecule has 0 radical (unpaired) electrons. The third kappa shape index (κ3) is 2.74. The zero-order chi connectivity index (χ0) is 10.6. The number of rotatable bonds is 3. The number of halogens is 1. The van der Waals surface area contributed by atoms with Gasteiger partial charge in [0.05, 0.1) is 5.92 Å². The highest BCUT2D eigenvalue weighted by molar-refractivity contribution is 6.30. The molecule has 0 spiro atoms. The number of amides is 1. The molecule has 1 amide bonds. The SMILES string of the molecule is CCNC(=O)C(C)c1ccc(Cl)cc1. The highest BCUT2D eigenvalue weighted by Gasteiger charge is 2.13. The summed E-state index contributed by atoms with van der Waals surface area (Å²) in [4.78, 5) is 11.5. The Morgan fingerprint density at radius 2 is 2.00 bits per heavy atom. The lowest BCUT2D eigenvalue weighted by Crippen LogP contribution is -2.27. The van der Waals surface area contributed by atoms with Crippen LogP contribution in [0.3, 0.4) is 0 Å². The second-order valence-corrected chi connectivity index (χ2v) is 3.60. The van der Waals surface area contributed by atoms with Crippen LogP contribution in [-0.2, 0) is 4.79 Å². The fraction of sp³-hybridized carbons (Fsp3) is 0.364. The van der Waals surface area contributed by atoms with Crippen LogP contribution >= 0.6 is 11.6 Å². The van der Waals surface area contributed by atoms with E-state index in [4.69, 9.17) is 11.6 Å². The van der Waals surface area contributed by atoms with Crippen molar-refractivity contribution in [2.24, 2.45) is 0 Å². The van der Waals surface area contributed by atoms with Crippen LogP contribution in [0.15, 0.2) is 24.3 Å². The Bertz CT molecular complexity index is 308. The van der Waals surface area contributed by atoms with Crippen molar-refractivity contribution >= 4 is 17.5 Å². The zero-order valence-electron chi connectivity index (χ0n) is 8.38. The maximum atomic E-state index is 11.5. The summed E-state index contributed by atoms with van der Waals surface area (Å²) in [6.45, 7) is 4.46. The zero-order valence-corrected chi connectivity index (χ0v) is 9.14. The Hall–Kier alpha value is -1.02. The smallest absolute Gasteiger partial charge is 0.227 e. The normalized spacial score (nSPS) is 12.2. The molecule has 1 aromatic carbocycles. The van der Waals surface area contributed by atoms with Gasteiger partial charge >= 0.3 is 0 Å². The molecule has 0 aliphatic rings. The van der Waals surface area contributed by atoms with Crippen LogP contribution in [0.4, 0.5) is 0 Å². The van der Waals surface area contributed by atoms with Gasteiger partial charge in [0.15, 0.2) is 0 Å². The van der Waals surface area contributed by atoms with E-state index < -0.39 is 0 Å². The lowest BCUT2D eigenvalue weighted by atomic mass is 10.0. The van der Waals surface area contributed by atoms with Gasteiger partial charge < -0.3 is 5.32 Å². The summed E-state index contributed by atoms with van der Waals surface area (Å²) in [5.41, 5.74) is 0.986. The van der Waals surface area contributed by atoms with Crippen molar-refractivity contribution < 1.29 is 4.79 Å². The fourth-order valence-electron chi connectivity index (χ4n) is 1.23.